The van der Waals surface area contributed by atoms with Crippen molar-refractivity contribution < 1.29 is 4.79 Å². The van der Waals surface area contributed by atoms with Crippen molar-refractivity contribution in [1.82, 2.24) is 4.90 Å². The predicted molar refractivity (Wildman–Crippen MR) is 86.2 cm³/mol. The first-order chi connectivity index (χ1) is 9.23. The average molecular weight is 277 g/mol. The van der Waals surface area contributed by atoms with Crippen LogP contribution in [0.1, 0.15) is 38.1 Å². The number of carbonyl (C=O) groups excluding carboxylic acids is 1. The Labute approximate surface area is 122 Å². The standard InChI is InChI=1S/C16H27N3O/c1-11(2)10-19(12(3)4)15-9-13(17)7-8-14(15)16(20)18(5)6/h7-9,11-12H,10,17H2,1-6H3. The first-order valence-corrected chi connectivity index (χ1v) is 7.11. The molecule has 0 saturated carbocycles. The molecule has 0 heterocycles. The van der Waals surface area contributed by atoms with Gasteiger partial charge in [0.05, 0.1) is 11.3 Å². The third-order valence-corrected chi connectivity index (χ3v) is 3.15. The van der Waals surface area contributed by atoms with Crippen LogP contribution in [0.4, 0.5) is 11.4 Å². The van der Waals surface area contributed by atoms with Crippen molar-refractivity contribution in [2.45, 2.75) is 33.7 Å². The summed E-state index contributed by atoms with van der Waals surface area (Å²) in [5, 5.41) is 0. The number of nitrogen functional groups attached to an aromatic ring is 1. The van der Waals surface area contributed by atoms with Gasteiger partial charge in [-0.2, -0.15) is 0 Å². The van der Waals surface area contributed by atoms with E-state index in [4.69, 9.17) is 5.73 Å². The molecule has 1 rings (SSSR count). The first-order valence-electron chi connectivity index (χ1n) is 7.11. The average Bonchev–Trinajstić information content (AvgIpc) is 2.34. The molecule has 112 valence electrons. The molecule has 0 aliphatic heterocycles. The fourth-order valence-corrected chi connectivity index (χ4v) is 2.19. The highest BCUT2D eigenvalue weighted by molar-refractivity contribution is 6.00. The van der Waals surface area contributed by atoms with Gasteiger partial charge in [0.15, 0.2) is 0 Å². The topological polar surface area (TPSA) is 49.6 Å². The SMILES string of the molecule is CC(C)CN(c1cc(N)ccc1C(=O)N(C)C)C(C)C. The lowest BCUT2D eigenvalue weighted by Crippen LogP contribution is -2.36. The summed E-state index contributed by atoms with van der Waals surface area (Å²) in [5.41, 5.74) is 8.24. The molecule has 0 saturated heterocycles. The summed E-state index contributed by atoms with van der Waals surface area (Å²) in [5.74, 6) is 0.524. The van der Waals surface area contributed by atoms with Crippen LogP contribution >= 0.6 is 0 Å². The van der Waals surface area contributed by atoms with Gasteiger partial charge < -0.3 is 15.5 Å². The minimum absolute atomic E-state index is 0.00871. The molecule has 0 aliphatic carbocycles. The van der Waals surface area contributed by atoms with Crippen LogP contribution in [0, 0.1) is 5.92 Å². The minimum atomic E-state index is 0.00871. The number of carbonyl (C=O) groups is 1. The van der Waals surface area contributed by atoms with Gasteiger partial charge in [-0.1, -0.05) is 13.8 Å². The highest BCUT2D eigenvalue weighted by Crippen LogP contribution is 2.27. The number of anilines is 2. The van der Waals surface area contributed by atoms with Crippen molar-refractivity contribution in [3.8, 4) is 0 Å². The molecule has 0 aromatic heterocycles. The molecule has 0 spiro atoms. The first kappa shape index (κ1) is 16.3. The van der Waals surface area contributed by atoms with Gasteiger partial charge in [0.1, 0.15) is 0 Å². The van der Waals surface area contributed by atoms with E-state index in [1.54, 1.807) is 25.1 Å². The fraction of sp³-hybridized carbons (Fsp3) is 0.562. The number of amides is 1. The van der Waals surface area contributed by atoms with Crippen LogP contribution in [-0.4, -0.2) is 37.5 Å². The van der Waals surface area contributed by atoms with E-state index in [0.29, 0.717) is 23.2 Å². The van der Waals surface area contributed by atoms with E-state index in [-0.39, 0.29) is 5.91 Å². The van der Waals surface area contributed by atoms with Crippen molar-refractivity contribution in [3.63, 3.8) is 0 Å². The third-order valence-electron chi connectivity index (χ3n) is 3.15. The van der Waals surface area contributed by atoms with Gasteiger partial charge in [0, 0.05) is 32.4 Å². The second-order valence-electron chi connectivity index (χ2n) is 6.12. The Balaban J connectivity index is 3.31. The van der Waals surface area contributed by atoms with Gasteiger partial charge >= 0.3 is 0 Å². The fourth-order valence-electron chi connectivity index (χ4n) is 2.19. The highest BCUT2D eigenvalue weighted by atomic mass is 16.2. The number of hydrogen-bond acceptors (Lipinski definition) is 3. The summed E-state index contributed by atoms with van der Waals surface area (Å²) in [6, 6.07) is 5.82. The molecule has 1 aromatic rings. The van der Waals surface area contributed by atoms with Gasteiger partial charge in [0.25, 0.3) is 5.91 Å². The zero-order valence-corrected chi connectivity index (χ0v) is 13.5. The number of benzene rings is 1. The zero-order valence-electron chi connectivity index (χ0n) is 13.5. The molecule has 0 fully saturated rings. The molecule has 0 unspecified atom stereocenters. The molecular formula is C16H27N3O. The number of hydrogen-bond donors (Lipinski definition) is 1. The summed E-state index contributed by atoms with van der Waals surface area (Å²) in [6.07, 6.45) is 0. The Bertz CT molecular complexity index is 467. The molecule has 4 heteroatoms. The van der Waals surface area contributed by atoms with Gasteiger partial charge in [-0.15, -0.1) is 0 Å². The Hall–Kier alpha value is -1.71. The lowest BCUT2D eigenvalue weighted by atomic mass is 10.1. The maximum absolute atomic E-state index is 12.3. The minimum Gasteiger partial charge on any atom is -0.399 e. The summed E-state index contributed by atoms with van der Waals surface area (Å²) >= 11 is 0. The molecule has 1 amide bonds. The number of nitrogens with two attached hydrogens (primary N) is 1. The largest absolute Gasteiger partial charge is 0.399 e. The molecule has 0 radical (unpaired) electrons. The van der Waals surface area contributed by atoms with Crippen LogP contribution < -0.4 is 10.6 Å². The number of nitrogens with zero attached hydrogens (tertiary/aromatic N) is 2. The maximum Gasteiger partial charge on any atom is 0.255 e. The molecule has 2 N–H and O–H groups in total. The van der Waals surface area contributed by atoms with E-state index < -0.39 is 0 Å². The summed E-state index contributed by atoms with van der Waals surface area (Å²) in [7, 11) is 3.54. The van der Waals surface area contributed by atoms with E-state index in [2.05, 4.69) is 32.6 Å². The van der Waals surface area contributed by atoms with Crippen molar-refractivity contribution >= 4 is 17.3 Å². The summed E-state index contributed by atoms with van der Waals surface area (Å²) in [4.78, 5) is 16.2. The van der Waals surface area contributed by atoms with Crippen molar-refractivity contribution in [3.05, 3.63) is 23.8 Å². The summed E-state index contributed by atoms with van der Waals surface area (Å²) in [6.45, 7) is 9.52. The second-order valence-corrected chi connectivity index (χ2v) is 6.12. The van der Waals surface area contributed by atoms with Crippen LogP contribution in [0.2, 0.25) is 0 Å². The van der Waals surface area contributed by atoms with Crippen LogP contribution in [0.15, 0.2) is 18.2 Å². The van der Waals surface area contributed by atoms with Gasteiger partial charge in [-0.3, -0.25) is 4.79 Å². The second kappa shape index (κ2) is 6.64. The molecular weight excluding hydrogens is 250 g/mol. The van der Waals surface area contributed by atoms with Crippen molar-refractivity contribution in [2.75, 3.05) is 31.3 Å². The van der Waals surface area contributed by atoms with E-state index in [1.807, 2.05) is 12.1 Å². The van der Waals surface area contributed by atoms with E-state index in [1.165, 1.54) is 0 Å². The van der Waals surface area contributed by atoms with Crippen molar-refractivity contribution in [1.29, 1.82) is 0 Å². The Morgan fingerprint density at radius 1 is 1.20 bits per heavy atom. The maximum atomic E-state index is 12.3. The van der Waals surface area contributed by atoms with E-state index in [9.17, 15) is 4.79 Å². The Kier molecular flexibility index (Phi) is 5.43. The monoisotopic (exact) mass is 277 g/mol. The Morgan fingerprint density at radius 2 is 1.80 bits per heavy atom. The lowest BCUT2D eigenvalue weighted by Gasteiger charge is -2.33. The van der Waals surface area contributed by atoms with Crippen molar-refractivity contribution in [2.24, 2.45) is 5.92 Å². The molecule has 4 nitrogen and oxygen atoms in total. The highest BCUT2D eigenvalue weighted by Gasteiger charge is 2.20. The molecule has 0 bridgehead atoms. The van der Waals surface area contributed by atoms with Gasteiger partial charge in [0.2, 0.25) is 0 Å². The van der Waals surface area contributed by atoms with Crippen LogP contribution in [0.5, 0.6) is 0 Å². The van der Waals surface area contributed by atoms with E-state index >= 15 is 0 Å². The molecule has 0 aliphatic rings. The quantitative estimate of drug-likeness (QED) is 0.842. The third kappa shape index (κ3) is 3.89. The smallest absolute Gasteiger partial charge is 0.255 e. The molecule has 0 atom stereocenters. The Morgan fingerprint density at radius 3 is 2.25 bits per heavy atom. The molecule has 20 heavy (non-hydrogen) atoms. The predicted octanol–water partition coefficient (Wildman–Crippen LogP) is 2.84. The van der Waals surface area contributed by atoms with Crippen LogP contribution in [0.3, 0.4) is 0 Å². The van der Waals surface area contributed by atoms with Gasteiger partial charge in [-0.05, 0) is 38.0 Å². The van der Waals surface area contributed by atoms with E-state index in [0.717, 1.165) is 12.2 Å². The van der Waals surface area contributed by atoms with Gasteiger partial charge in [-0.25, -0.2) is 0 Å². The lowest BCUT2D eigenvalue weighted by molar-refractivity contribution is 0.0828. The van der Waals surface area contributed by atoms with Crippen LogP contribution in [-0.2, 0) is 0 Å². The molecule has 1 aromatic carbocycles. The zero-order chi connectivity index (χ0) is 15.4. The normalized spacial score (nSPS) is 11.0. The number of rotatable bonds is 5. The summed E-state index contributed by atoms with van der Waals surface area (Å²) < 4.78 is 0. The van der Waals surface area contributed by atoms with Crippen LogP contribution in [0.25, 0.3) is 0 Å².